The number of imide groups is 2. The molecule has 206 valence electrons. The molecule has 0 aromatic heterocycles. The van der Waals surface area contributed by atoms with Gasteiger partial charge in [-0.2, -0.15) is 0 Å². The van der Waals surface area contributed by atoms with Crippen LogP contribution in [0.2, 0.25) is 0 Å². The summed E-state index contributed by atoms with van der Waals surface area (Å²) < 4.78 is 6.14. The molecule has 1 atom stereocenters. The first-order chi connectivity index (χ1) is 18.6. The Hall–Kier alpha value is -3.36. The van der Waals surface area contributed by atoms with Gasteiger partial charge >= 0.3 is 0 Å². The average Bonchev–Trinajstić information content (AvgIpc) is 3.14. The number of likely N-dealkylation sites (tertiary alicyclic amines) is 1. The van der Waals surface area contributed by atoms with Gasteiger partial charge in [-0.3, -0.25) is 34.3 Å². The van der Waals surface area contributed by atoms with Crippen LogP contribution in [-0.4, -0.2) is 64.3 Å². The Morgan fingerprint density at radius 3 is 2.23 bits per heavy atom. The Labute approximate surface area is 229 Å². The van der Waals surface area contributed by atoms with E-state index in [9.17, 15) is 19.2 Å². The number of benzene rings is 2. The van der Waals surface area contributed by atoms with Crippen molar-refractivity contribution >= 4 is 23.6 Å². The molecule has 0 aliphatic carbocycles. The van der Waals surface area contributed by atoms with Crippen molar-refractivity contribution in [2.45, 2.75) is 83.6 Å². The van der Waals surface area contributed by atoms with Gasteiger partial charge in [-0.05, 0) is 75.6 Å². The smallest absolute Gasteiger partial charge is 0.262 e. The molecule has 1 unspecified atom stereocenters. The van der Waals surface area contributed by atoms with Crippen molar-refractivity contribution < 1.29 is 23.9 Å². The fourth-order valence-corrected chi connectivity index (χ4v) is 5.83. The standard InChI is InChI=1S/C31H37N3O5/c1-31(2,3)39-23-15-17-33(18-16-23)19-21-9-7-20(8-10-21)11-12-22-5-4-6-24-27(22)30(38)34(29(24)37)25-13-14-26(35)32-28(25)36/h4-10,23,25H,11-19H2,1-3H3,(H,32,35,36). The van der Waals surface area contributed by atoms with Crippen LogP contribution in [0.3, 0.4) is 0 Å². The third-order valence-electron chi connectivity index (χ3n) is 7.72. The van der Waals surface area contributed by atoms with Crippen molar-refractivity contribution in [1.82, 2.24) is 15.1 Å². The van der Waals surface area contributed by atoms with Crippen LogP contribution in [0.5, 0.6) is 0 Å². The Balaban J connectivity index is 1.18. The number of carbonyl (C=O) groups excluding carboxylic acids is 4. The van der Waals surface area contributed by atoms with Gasteiger partial charge in [-0.1, -0.05) is 36.4 Å². The van der Waals surface area contributed by atoms with Gasteiger partial charge in [0.25, 0.3) is 11.8 Å². The van der Waals surface area contributed by atoms with Gasteiger partial charge in [0.05, 0.1) is 22.8 Å². The molecular weight excluding hydrogens is 494 g/mol. The summed E-state index contributed by atoms with van der Waals surface area (Å²) in [5.41, 5.74) is 3.84. The van der Waals surface area contributed by atoms with E-state index in [1.54, 1.807) is 12.1 Å². The molecule has 0 radical (unpaired) electrons. The Morgan fingerprint density at radius 2 is 1.56 bits per heavy atom. The van der Waals surface area contributed by atoms with Crippen molar-refractivity contribution in [3.8, 4) is 0 Å². The van der Waals surface area contributed by atoms with Crippen LogP contribution in [0.25, 0.3) is 0 Å². The van der Waals surface area contributed by atoms with E-state index in [4.69, 9.17) is 4.74 Å². The highest BCUT2D eigenvalue weighted by Crippen LogP contribution is 2.30. The van der Waals surface area contributed by atoms with Crippen LogP contribution in [0.1, 0.15) is 83.9 Å². The molecule has 2 saturated heterocycles. The van der Waals surface area contributed by atoms with E-state index in [-0.39, 0.29) is 24.3 Å². The molecule has 0 bridgehead atoms. The maximum Gasteiger partial charge on any atom is 0.262 e. The van der Waals surface area contributed by atoms with Gasteiger partial charge in [0.2, 0.25) is 11.8 Å². The molecule has 39 heavy (non-hydrogen) atoms. The van der Waals surface area contributed by atoms with E-state index in [2.05, 4.69) is 55.3 Å². The van der Waals surface area contributed by atoms with E-state index in [1.807, 2.05) is 6.07 Å². The Morgan fingerprint density at radius 1 is 0.872 bits per heavy atom. The van der Waals surface area contributed by atoms with Crippen LogP contribution < -0.4 is 5.32 Å². The maximum absolute atomic E-state index is 13.3. The van der Waals surface area contributed by atoms with Gasteiger partial charge in [0.15, 0.2) is 0 Å². The zero-order valence-electron chi connectivity index (χ0n) is 23.0. The molecule has 8 heteroatoms. The minimum atomic E-state index is -0.952. The summed E-state index contributed by atoms with van der Waals surface area (Å²) in [6.07, 6.45) is 4.04. The lowest BCUT2D eigenvalue weighted by Gasteiger charge is -2.35. The monoisotopic (exact) mass is 531 g/mol. The van der Waals surface area contributed by atoms with Gasteiger partial charge < -0.3 is 4.74 Å². The topological polar surface area (TPSA) is 96.0 Å². The highest BCUT2D eigenvalue weighted by molar-refractivity contribution is 6.24. The van der Waals surface area contributed by atoms with Crippen molar-refractivity contribution in [1.29, 1.82) is 0 Å². The number of hydrogen-bond donors (Lipinski definition) is 1. The van der Waals surface area contributed by atoms with E-state index in [0.717, 1.165) is 54.9 Å². The summed E-state index contributed by atoms with van der Waals surface area (Å²) in [5, 5.41) is 2.24. The lowest BCUT2D eigenvalue weighted by Crippen LogP contribution is -2.54. The second kappa shape index (κ2) is 11.0. The van der Waals surface area contributed by atoms with Crippen molar-refractivity contribution in [3.05, 3.63) is 70.3 Å². The first-order valence-corrected chi connectivity index (χ1v) is 13.9. The van der Waals surface area contributed by atoms with Gasteiger partial charge in [0, 0.05) is 26.1 Å². The summed E-state index contributed by atoms with van der Waals surface area (Å²) in [7, 11) is 0. The number of hydrogen-bond acceptors (Lipinski definition) is 6. The molecule has 3 heterocycles. The number of piperidine rings is 2. The minimum absolute atomic E-state index is 0.0990. The third-order valence-corrected chi connectivity index (χ3v) is 7.72. The molecule has 8 nitrogen and oxygen atoms in total. The van der Waals surface area contributed by atoms with Crippen LogP contribution >= 0.6 is 0 Å². The normalized spacial score (nSPS) is 20.9. The number of fused-ring (bicyclic) bond motifs is 1. The van der Waals surface area contributed by atoms with E-state index in [1.165, 1.54) is 5.56 Å². The van der Waals surface area contributed by atoms with Gasteiger partial charge in [0.1, 0.15) is 6.04 Å². The van der Waals surface area contributed by atoms with Crippen molar-refractivity contribution in [2.24, 2.45) is 0 Å². The average molecular weight is 532 g/mol. The summed E-state index contributed by atoms with van der Waals surface area (Å²) in [6, 6.07) is 13.0. The van der Waals surface area contributed by atoms with Crippen LogP contribution in [-0.2, 0) is 33.7 Å². The molecule has 2 fully saturated rings. The second-order valence-electron chi connectivity index (χ2n) is 11.8. The lowest BCUT2D eigenvalue weighted by molar-refractivity contribution is -0.136. The molecule has 3 aliphatic heterocycles. The summed E-state index contributed by atoms with van der Waals surface area (Å²) in [4.78, 5) is 53.8. The molecular formula is C31H37N3O5. The molecule has 2 aromatic carbocycles. The van der Waals surface area contributed by atoms with E-state index < -0.39 is 23.8 Å². The number of rotatable bonds is 7. The predicted octanol–water partition coefficient (Wildman–Crippen LogP) is 3.65. The van der Waals surface area contributed by atoms with Crippen LogP contribution in [0, 0.1) is 0 Å². The number of aryl methyl sites for hydroxylation is 2. The Bertz CT molecular complexity index is 1270. The second-order valence-corrected chi connectivity index (χ2v) is 11.8. The van der Waals surface area contributed by atoms with Crippen molar-refractivity contribution in [2.75, 3.05) is 13.1 Å². The highest BCUT2D eigenvalue weighted by atomic mass is 16.5. The zero-order chi connectivity index (χ0) is 27.7. The summed E-state index contributed by atoms with van der Waals surface area (Å²) in [6.45, 7) is 9.31. The molecule has 0 saturated carbocycles. The largest absolute Gasteiger partial charge is 0.373 e. The fourth-order valence-electron chi connectivity index (χ4n) is 5.83. The summed E-state index contributed by atoms with van der Waals surface area (Å²) >= 11 is 0. The van der Waals surface area contributed by atoms with Gasteiger partial charge in [-0.15, -0.1) is 0 Å². The fraction of sp³-hybridized carbons (Fsp3) is 0.484. The van der Waals surface area contributed by atoms with Crippen LogP contribution in [0.4, 0.5) is 0 Å². The lowest BCUT2D eigenvalue weighted by atomic mass is 9.96. The highest BCUT2D eigenvalue weighted by Gasteiger charge is 2.45. The predicted molar refractivity (Wildman–Crippen MR) is 146 cm³/mol. The number of nitrogens with zero attached hydrogens (tertiary/aromatic N) is 2. The maximum atomic E-state index is 13.3. The summed E-state index contributed by atoms with van der Waals surface area (Å²) in [5.74, 6) is -1.89. The zero-order valence-corrected chi connectivity index (χ0v) is 23.0. The molecule has 1 N–H and O–H groups in total. The quantitative estimate of drug-likeness (QED) is 0.548. The van der Waals surface area contributed by atoms with Gasteiger partial charge in [-0.25, -0.2) is 0 Å². The Kier molecular flexibility index (Phi) is 7.69. The number of carbonyl (C=O) groups is 4. The molecule has 3 aliphatic rings. The SMILES string of the molecule is CC(C)(C)OC1CCN(Cc2ccc(CCc3cccc4c3C(=O)N(C3CCC(=O)NC3=O)C4=O)cc2)CC1. The number of nitrogens with one attached hydrogen (secondary N) is 1. The molecule has 5 rings (SSSR count). The van der Waals surface area contributed by atoms with E-state index in [0.29, 0.717) is 23.7 Å². The van der Waals surface area contributed by atoms with Crippen molar-refractivity contribution in [3.63, 3.8) is 0 Å². The number of amides is 4. The first kappa shape index (κ1) is 27.2. The first-order valence-electron chi connectivity index (χ1n) is 13.9. The molecule has 0 spiro atoms. The minimum Gasteiger partial charge on any atom is -0.373 e. The van der Waals surface area contributed by atoms with Crippen LogP contribution in [0.15, 0.2) is 42.5 Å². The van der Waals surface area contributed by atoms with E-state index >= 15 is 0 Å². The number of ether oxygens (including phenoxy) is 1. The third kappa shape index (κ3) is 6.12. The molecule has 4 amide bonds. The molecule has 2 aromatic rings.